The molecule has 0 saturated carbocycles. The van der Waals surface area contributed by atoms with Gasteiger partial charge in [-0.05, 0) is 6.92 Å². The van der Waals surface area contributed by atoms with Gasteiger partial charge in [0.1, 0.15) is 5.78 Å². The minimum absolute atomic E-state index is 0.0123. The van der Waals surface area contributed by atoms with Crippen molar-refractivity contribution in [3.8, 4) is 0 Å². The van der Waals surface area contributed by atoms with Gasteiger partial charge in [0.05, 0.1) is 0 Å². The van der Waals surface area contributed by atoms with Crippen LogP contribution in [0.3, 0.4) is 0 Å². The van der Waals surface area contributed by atoms with Crippen molar-refractivity contribution >= 4 is 11.7 Å². The van der Waals surface area contributed by atoms with Crippen molar-refractivity contribution in [3.63, 3.8) is 0 Å². The molecule has 0 saturated heterocycles. The molecule has 0 rings (SSSR count). The van der Waals surface area contributed by atoms with E-state index in [-0.39, 0.29) is 23.1 Å². The number of ketones is 1. The number of nitrogens with one attached hydrogen (secondary N) is 1. The maximum atomic E-state index is 11.8. The molecule has 0 aliphatic carbocycles. The average molecular weight is 227 g/mol. The Morgan fingerprint density at radius 2 is 1.44 bits per heavy atom. The summed E-state index contributed by atoms with van der Waals surface area (Å²) in [6.45, 7) is 13.1. The van der Waals surface area contributed by atoms with Crippen LogP contribution in [0.15, 0.2) is 0 Å². The second-order valence-electron chi connectivity index (χ2n) is 6.50. The molecule has 3 nitrogen and oxygen atoms in total. The first kappa shape index (κ1) is 15.1. The highest BCUT2D eigenvalue weighted by molar-refractivity contribution is 5.86. The molecule has 1 N–H and O–H groups in total. The van der Waals surface area contributed by atoms with E-state index in [1.165, 1.54) is 0 Å². The van der Waals surface area contributed by atoms with Crippen molar-refractivity contribution in [2.24, 2.45) is 10.8 Å². The zero-order valence-electron chi connectivity index (χ0n) is 11.6. The first-order chi connectivity index (χ1) is 6.94. The fraction of sp³-hybridized carbons (Fsp3) is 0.846. The highest BCUT2D eigenvalue weighted by atomic mass is 16.2. The van der Waals surface area contributed by atoms with Gasteiger partial charge in [0.2, 0.25) is 5.91 Å². The quantitative estimate of drug-likeness (QED) is 0.805. The average Bonchev–Trinajstić information content (AvgIpc) is 1.99. The van der Waals surface area contributed by atoms with Gasteiger partial charge in [-0.25, -0.2) is 0 Å². The Labute approximate surface area is 99.0 Å². The van der Waals surface area contributed by atoms with Crippen LogP contribution in [-0.2, 0) is 9.59 Å². The number of amides is 1. The highest BCUT2D eigenvalue weighted by Crippen LogP contribution is 2.18. The van der Waals surface area contributed by atoms with E-state index in [1.807, 2.05) is 48.5 Å². The molecule has 0 bridgehead atoms. The van der Waals surface area contributed by atoms with Crippen LogP contribution in [-0.4, -0.2) is 17.7 Å². The predicted octanol–water partition coefficient (Wildman–Crippen LogP) is 2.54. The summed E-state index contributed by atoms with van der Waals surface area (Å²) < 4.78 is 0. The molecule has 1 unspecified atom stereocenters. The van der Waals surface area contributed by atoms with Crippen LogP contribution in [0, 0.1) is 10.8 Å². The van der Waals surface area contributed by atoms with Crippen molar-refractivity contribution < 1.29 is 9.59 Å². The standard InChI is InChI=1S/C13H25NO2/c1-9(8-10(15)12(2,3)4)14-11(16)13(5,6)7/h9H,8H2,1-7H3,(H,14,16). The third kappa shape index (κ3) is 5.29. The van der Waals surface area contributed by atoms with Gasteiger partial charge in [-0.15, -0.1) is 0 Å². The largest absolute Gasteiger partial charge is 0.353 e. The molecule has 0 aliphatic heterocycles. The zero-order chi connectivity index (χ0) is 13.1. The van der Waals surface area contributed by atoms with Gasteiger partial charge in [0, 0.05) is 23.3 Å². The molecular weight excluding hydrogens is 202 g/mol. The van der Waals surface area contributed by atoms with Crippen LogP contribution < -0.4 is 5.32 Å². The minimum Gasteiger partial charge on any atom is -0.353 e. The van der Waals surface area contributed by atoms with Crippen LogP contribution in [0.25, 0.3) is 0 Å². The van der Waals surface area contributed by atoms with Crippen molar-refractivity contribution in [1.82, 2.24) is 5.32 Å². The summed E-state index contributed by atoms with van der Waals surface area (Å²) in [5.74, 6) is 0.163. The molecule has 94 valence electrons. The number of carbonyl (C=O) groups is 2. The molecule has 3 heteroatoms. The lowest BCUT2D eigenvalue weighted by Crippen LogP contribution is -2.42. The number of hydrogen-bond donors (Lipinski definition) is 1. The molecule has 1 atom stereocenters. The molecule has 0 aromatic heterocycles. The summed E-state index contributed by atoms with van der Waals surface area (Å²) in [6, 6.07) is -0.0987. The van der Waals surface area contributed by atoms with E-state index in [0.29, 0.717) is 6.42 Å². The smallest absolute Gasteiger partial charge is 0.225 e. The fourth-order valence-electron chi connectivity index (χ4n) is 1.08. The molecule has 1 amide bonds. The van der Waals surface area contributed by atoms with Gasteiger partial charge in [0.15, 0.2) is 0 Å². The Balaban J connectivity index is 4.26. The number of rotatable bonds is 3. The molecule has 0 radical (unpaired) electrons. The van der Waals surface area contributed by atoms with E-state index in [2.05, 4.69) is 5.32 Å². The molecule has 0 aliphatic rings. The van der Waals surface area contributed by atoms with Crippen LogP contribution in [0.5, 0.6) is 0 Å². The molecule has 0 aromatic carbocycles. The maximum absolute atomic E-state index is 11.8. The summed E-state index contributed by atoms with van der Waals surface area (Å²) in [4.78, 5) is 23.4. The maximum Gasteiger partial charge on any atom is 0.225 e. The van der Waals surface area contributed by atoms with Gasteiger partial charge in [0.25, 0.3) is 0 Å². The van der Waals surface area contributed by atoms with Gasteiger partial charge in [-0.3, -0.25) is 9.59 Å². The Hall–Kier alpha value is -0.860. The predicted molar refractivity (Wildman–Crippen MR) is 66.1 cm³/mol. The normalized spacial score (nSPS) is 14.4. The molecular formula is C13H25NO2. The van der Waals surface area contributed by atoms with E-state index in [1.54, 1.807) is 0 Å². The molecule has 0 spiro atoms. The lowest BCUT2D eigenvalue weighted by Gasteiger charge is -2.24. The third-order valence-electron chi connectivity index (χ3n) is 2.39. The Morgan fingerprint density at radius 3 is 1.75 bits per heavy atom. The van der Waals surface area contributed by atoms with Gasteiger partial charge in [-0.2, -0.15) is 0 Å². The van der Waals surface area contributed by atoms with Crippen molar-refractivity contribution in [2.45, 2.75) is 60.9 Å². The van der Waals surface area contributed by atoms with Gasteiger partial charge >= 0.3 is 0 Å². The number of Topliss-reactive ketones (excluding diaryl/α,β-unsaturated/α-hetero) is 1. The third-order valence-corrected chi connectivity index (χ3v) is 2.39. The fourth-order valence-corrected chi connectivity index (χ4v) is 1.08. The monoisotopic (exact) mass is 227 g/mol. The van der Waals surface area contributed by atoms with Gasteiger partial charge < -0.3 is 5.32 Å². The number of carbonyl (C=O) groups excluding carboxylic acids is 2. The molecule has 16 heavy (non-hydrogen) atoms. The molecule has 0 heterocycles. The minimum atomic E-state index is -0.404. The zero-order valence-corrected chi connectivity index (χ0v) is 11.6. The van der Waals surface area contributed by atoms with Crippen LogP contribution in [0.1, 0.15) is 54.9 Å². The Bertz CT molecular complexity index is 241. The lowest BCUT2D eigenvalue weighted by atomic mass is 9.87. The van der Waals surface area contributed by atoms with Crippen LogP contribution in [0.2, 0.25) is 0 Å². The van der Waals surface area contributed by atoms with E-state index in [4.69, 9.17) is 0 Å². The highest BCUT2D eigenvalue weighted by Gasteiger charge is 2.26. The van der Waals surface area contributed by atoms with Crippen LogP contribution >= 0.6 is 0 Å². The number of hydrogen-bond acceptors (Lipinski definition) is 2. The van der Waals surface area contributed by atoms with Crippen molar-refractivity contribution in [1.29, 1.82) is 0 Å². The first-order valence-electron chi connectivity index (χ1n) is 5.79. The first-order valence-corrected chi connectivity index (χ1v) is 5.79. The van der Waals surface area contributed by atoms with Crippen molar-refractivity contribution in [2.75, 3.05) is 0 Å². The van der Waals surface area contributed by atoms with Crippen molar-refractivity contribution in [3.05, 3.63) is 0 Å². The molecule has 0 fully saturated rings. The summed E-state index contributed by atoms with van der Waals surface area (Å²) in [6.07, 6.45) is 0.394. The Morgan fingerprint density at radius 1 is 1.00 bits per heavy atom. The Kier molecular flexibility index (Phi) is 4.71. The summed E-state index contributed by atoms with van der Waals surface area (Å²) in [7, 11) is 0. The van der Waals surface area contributed by atoms with E-state index in [9.17, 15) is 9.59 Å². The van der Waals surface area contributed by atoms with E-state index >= 15 is 0 Å². The summed E-state index contributed by atoms with van der Waals surface area (Å²) >= 11 is 0. The SMILES string of the molecule is CC(CC(=O)C(C)(C)C)NC(=O)C(C)(C)C. The summed E-state index contributed by atoms with van der Waals surface area (Å²) in [5.41, 5.74) is -0.736. The second kappa shape index (κ2) is 4.98. The second-order valence-corrected chi connectivity index (χ2v) is 6.50. The van der Waals surface area contributed by atoms with Crippen LogP contribution in [0.4, 0.5) is 0 Å². The topological polar surface area (TPSA) is 46.2 Å². The van der Waals surface area contributed by atoms with Gasteiger partial charge in [-0.1, -0.05) is 41.5 Å². The van der Waals surface area contributed by atoms with E-state index in [0.717, 1.165) is 0 Å². The van der Waals surface area contributed by atoms with E-state index < -0.39 is 5.41 Å². The molecule has 0 aromatic rings. The lowest BCUT2D eigenvalue weighted by molar-refractivity contribution is -0.130. The summed E-state index contributed by atoms with van der Waals surface area (Å²) in [5, 5.41) is 2.86.